The van der Waals surface area contributed by atoms with Crippen molar-refractivity contribution in [3.63, 3.8) is 0 Å². The number of aliphatic hydroxyl groups excluding tert-OH is 1. The monoisotopic (exact) mass is 272 g/mol. The fourth-order valence-electron chi connectivity index (χ4n) is 2.19. The highest BCUT2D eigenvalue weighted by Gasteiger charge is 2.44. The number of carboxylic acids is 1. The smallest absolute Gasteiger partial charge is 0.317 e. The molecule has 3 N–H and O–H groups in total. The van der Waals surface area contributed by atoms with Crippen molar-refractivity contribution in [2.75, 3.05) is 26.7 Å². The molecule has 1 fully saturated rings. The van der Waals surface area contributed by atoms with E-state index in [0.29, 0.717) is 19.4 Å². The van der Waals surface area contributed by atoms with Gasteiger partial charge in [0, 0.05) is 26.7 Å². The molecule has 2 amide bonds. The Bertz CT molecular complexity index is 316. The minimum Gasteiger partial charge on any atom is -0.481 e. The normalized spacial score (nSPS) is 16.5. The van der Waals surface area contributed by atoms with E-state index in [2.05, 4.69) is 5.32 Å². The van der Waals surface area contributed by atoms with Gasteiger partial charge in [-0.05, 0) is 32.1 Å². The number of hydrogen-bond acceptors (Lipinski definition) is 3. The number of urea groups is 1. The Morgan fingerprint density at radius 1 is 1.26 bits per heavy atom. The van der Waals surface area contributed by atoms with E-state index >= 15 is 0 Å². The lowest BCUT2D eigenvalue weighted by Gasteiger charge is -2.37. The number of carbonyl (C=O) groups is 2. The lowest BCUT2D eigenvalue weighted by Crippen LogP contribution is -2.50. The van der Waals surface area contributed by atoms with Gasteiger partial charge in [-0.3, -0.25) is 4.79 Å². The van der Waals surface area contributed by atoms with Crippen LogP contribution in [0.5, 0.6) is 0 Å². The van der Waals surface area contributed by atoms with Crippen LogP contribution >= 0.6 is 0 Å². The summed E-state index contributed by atoms with van der Waals surface area (Å²) in [6.07, 6.45) is 4.67. The molecule has 1 aliphatic rings. The fourth-order valence-corrected chi connectivity index (χ4v) is 2.19. The number of aliphatic hydroxyl groups is 1. The van der Waals surface area contributed by atoms with Crippen LogP contribution in [0.25, 0.3) is 0 Å². The van der Waals surface area contributed by atoms with Gasteiger partial charge in [-0.1, -0.05) is 6.42 Å². The average Bonchev–Trinajstić information content (AvgIpc) is 2.32. The van der Waals surface area contributed by atoms with E-state index in [-0.39, 0.29) is 19.2 Å². The summed E-state index contributed by atoms with van der Waals surface area (Å²) in [6, 6.07) is -0.225. The Hall–Kier alpha value is -1.30. The Kier molecular flexibility index (Phi) is 6.08. The van der Waals surface area contributed by atoms with E-state index in [1.807, 2.05) is 0 Å². The number of carbonyl (C=O) groups excluding carboxylic acids is 1. The lowest BCUT2D eigenvalue weighted by atomic mass is 9.69. The maximum atomic E-state index is 11.8. The predicted octanol–water partition coefficient (Wildman–Crippen LogP) is 1.05. The van der Waals surface area contributed by atoms with Crippen molar-refractivity contribution in [2.24, 2.45) is 5.41 Å². The quantitative estimate of drug-likeness (QED) is 0.576. The fraction of sp³-hybridized carbons (Fsp3) is 0.846. The first-order chi connectivity index (χ1) is 9.02. The third-order valence-electron chi connectivity index (χ3n) is 3.84. The van der Waals surface area contributed by atoms with Crippen LogP contribution in [0.4, 0.5) is 4.79 Å². The van der Waals surface area contributed by atoms with Crippen LogP contribution in [0.15, 0.2) is 0 Å². The van der Waals surface area contributed by atoms with Gasteiger partial charge in [-0.2, -0.15) is 0 Å². The molecule has 0 aromatic heterocycles. The molecule has 1 rings (SSSR count). The number of nitrogens with one attached hydrogen (secondary N) is 1. The molecule has 0 radical (unpaired) electrons. The second-order valence-corrected chi connectivity index (χ2v) is 5.30. The maximum Gasteiger partial charge on any atom is 0.317 e. The van der Waals surface area contributed by atoms with E-state index in [9.17, 15) is 9.59 Å². The van der Waals surface area contributed by atoms with Gasteiger partial charge in [0.1, 0.15) is 0 Å². The topological polar surface area (TPSA) is 89.9 Å². The summed E-state index contributed by atoms with van der Waals surface area (Å²) in [5.74, 6) is -0.815. The molecule has 0 unspecified atom stereocenters. The number of carboxylic acid groups (broad SMARTS) is 1. The molecule has 0 spiro atoms. The number of amides is 2. The summed E-state index contributed by atoms with van der Waals surface area (Å²) in [5, 5.41) is 20.5. The van der Waals surface area contributed by atoms with E-state index in [1.165, 1.54) is 0 Å². The molecule has 0 aromatic rings. The van der Waals surface area contributed by atoms with Crippen LogP contribution in [-0.2, 0) is 4.79 Å². The highest BCUT2D eigenvalue weighted by molar-refractivity contribution is 5.78. The Labute approximate surface area is 113 Å². The van der Waals surface area contributed by atoms with Crippen LogP contribution in [-0.4, -0.2) is 53.9 Å². The summed E-state index contributed by atoms with van der Waals surface area (Å²) in [4.78, 5) is 24.5. The first-order valence-corrected chi connectivity index (χ1v) is 6.85. The second-order valence-electron chi connectivity index (χ2n) is 5.30. The molecule has 110 valence electrons. The number of rotatable bonds is 8. The van der Waals surface area contributed by atoms with E-state index in [4.69, 9.17) is 10.2 Å². The Balaban J connectivity index is 2.24. The van der Waals surface area contributed by atoms with Crippen LogP contribution in [0.1, 0.15) is 38.5 Å². The van der Waals surface area contributed by atoms with Crippen molar-refractivity contribution in [2.45, 2.75) is 38.5 Å². The molecule has 0 heterocycles. The minimum absolute atomic E-state index is 0.178. The van der Waals surface area contributed by atoms with Crippen molar-refractivity contribution in [3.8, 4) is 0 Å². The van der Waals surface area contributed by atoms with Crippen molar-refractivity contribution in [3.05, 3.63) is 0 Å². The molecule has 0 saturated heterocycles. The van der Waals surface area contributed by atoms with Crippen LogP contribution < -0.4 is 5.32 Å². The highest BCUT2D eigenvalue weighted by Crippen LogP contribution is 2.40. The van der Waals surface area contributed by atoms with E-state index in [1.54, 1.807) is 11.9 Å². The molecule has 19 heavy (non-hydrogen) atoms. The summed E-state index contributed by atoms with van der Waals surface area (Å²) in [5.41, 5.74) is -0.743. The average molecular weight is 272 g/mol. The van der Waals surface area contributed by atoms with Gasteiger partial charge in [0.2, 0.25) is 0 Å². The molecular formula is C13H24N2O4. The summed E-state index contributed by atoms with van der Waals surface area (Å²) in [6.45, 7) is 1.01. The number of hydrogen-bond donors (Lipinski definition) is 3. The summed E-state index contributed by atoms with van der Waals surface area (Å²) in [7, 11) is 1.70. The molecule has 1 aliphatic carbocycles. The molecule has 6 nitrogen and oxygen atoms in total. The molecule has 0 aliphatic heterocycles. The molecule has 0 bridgehead atoms. The summed E-state index contributed by atoms with van der Waals surface area (Å²) >= 11 is 0. The SMILES string of the molecule is CN(CCCCCO)C(=O)NCC1(C(=O)O)CCC1. The van der Waals surface area contributed by atoms with E-state index < -0.39 is 11.4 Å². The molecular weight excluding hydrogens is 248 g/mol. The third kappa shape index (κ3) is 4.38. The molecule has 6 heteroatoms. The first kappa shape index (κ1) is 15.8. The van der Waals surface area contributed by atoms with Crippen LogP contribution in [0.2, 0.25) is 0 Å². The van der Waals surface area contributed by atoms with Crippen molar-refractivity contribution < 1.29 is 19.8 Å². The van der Waals surface area contributed by atoms with Gasteiger partial charge in [0.25, 0.3) is 0 Å². The van der Waals surface area contributed by atoms with Crippen molar-refractivity contribution in [1.82, 2.24) is 10.2 Å². The van der Waals surface area contributed by atoms with Gasteiger partial charge in [-0.25, -0.2) is 4.79 Å². The van der Waals surface area contributed by atoms with E-state index in [0.717, 1.165) is 25.7 Å². The lowest BCUT2D eigenvalue weighted by molar-refractivity contribution is -0.153. The Morgan fingerprint density at radius 2 is 1.95 bits per heavy atom. The second kappa shape index (κ2) is 7.33. The molecule has 1 saturated carbocycles. The van der Waals surface area contributed by atoms with Crippen LogP contribution in [0, 0.1) is 5.41 Å². The van der Waals surface area contributed by atoms with Gasteiger partial charge >= 0.3 is 12.0 Å². The third-order valence-corrected chi connectivity index (χ3v) is 3.84. The van der Waals surface area contributed by atoms with Gasteiger partial charge < -0.3 is 20.4 Å². The highest BCUT2D eigenvalue weighted by atomic mass is 16.4. The number of unbranched alkanes of at least 4 members (excludes halogenated alkanes) is 2. The Morgan fingerprint density at radius 3 is 2.42 bits per heavy atom. The number of nitrogens with zero attached hydrogens (tertiary/aromatic N) is 1. The maximum absolute atomic E-state index is 11.8. The largest absolute Gasteiger partial charge is 0.481 e. The number of aliphatic carboxylic acids is 1. The van der Waals surface area contributed by atoms with Crippen molar-refractivity contribution >= 4 is 12.0 Å². The van der Waals surface area contributed by atoms with Gasteiger partial charge in [-0.15, -0.1) is 0 Å². The molecule has 0 atom stereocenters. The van der Waals surface area contributed by atoms with Crippen LogP contribution in [0.3, 0.4) is 0 Å². The zero-order chi connectivity index (χ0) is 14.3. The minimum atomic E-state index is -0.815. The van der Waals surface area contributed by atoms with Gasteiger partial charge in [0.05, 0.1) is 5.41 Å². The zero-order valence-electron chi connectivity index (χ0n) is 11.5. The van der Waals surface area contributed by atoms with Gasteiger partial charge in [0.15, 0.2) is 0 Å². The summed E-state index contributed by atoms with van der Waals surface area (Å²) < 4.78 is 0. The molecule has 0 aromatic carbocycles. The standard InChI is InChI=1S/C13H24N2O4/c1-15(8-3-2-4-9-16)12(19)14-10-13(11(17)18)6-5-7-13/h16H,2-10H2,1H3,(H,14,19)(H,17,18). The first-order valence-electron chi connectivity index (χ1n) is 6.85. The van der Waals surface area contributed by atoms with Crippen molar-refractivity contribution in [1.29, 1.82) is 0 Å². The zero-order valence-corrected chi connectivity index (χ0v) is 11.5. The predicted molar refractivity (Wildman–Crippen MR) is 70.9 cm³/mol.